The Labute approximate surface area is 66.7 Å². The molecule has 0 unspecified atom stereocenters. The van der Waals surface area contributed by atoms with Crippen LogP contribution in [0.1, 0.15) is 11.1 Å². The van der Waals surface area contributed by atoms with Crippen LogP contribution in [0.2, 0.25) is 0 Å². The highest BCUT2D eigenvalue weighted by atomic mass is 16.2. The molecule has 0 saturated heterocycles. The van der Waals surface area contributed by atoms with Crippen LogP contribution in [0.4, 0.5) is 5.69 Å². The van der Waals surface area contributed by atoms with Gasteiger partial charge in [-0.3, -0.25) is 0 Å². The molecular formula is C9H13NO. The fourth-order valence-electron chi connectivity index (χ4n) is 1.17. The number of anilines is 1. The second kappa shape index (κ2) is 3.39. The molecule has 2 heteroatoms. The molecular weight excluding hydrogens is 138 g/mol. The second-order valence-electron chi connectivity index (χ2n) is 2.73. The molecule has 0 atom stereocenters. The summed E-state index contributed by atoms with van der Waals surface area (Å²) in [4.78, 5) is 0. The van der Waals surface area contributed by atoms with Crippen LogP contribution in [0, 0.1) is 6.92 Å². The van der Waals surface area contributed by atoms with Gasteiger partial charge in [-0.2, -0.15) is 0 Å². The maximum Gasteiger partial charge on any atom is 0.0471 e. The highest BCUT2D eigenvalue weighted by Crippen LogP contribution is 2.11. The molecule has 0 aliphatic heterocycles. The van der Waals surface area contributed by atoms with E-state index in [1.54, 1.807) is 0 Å². The van der Waals surface area contributed by atoms with Gasteiger partial charge >= 0.3 is 0 Å². The summed E-state index contributed by atoms with van der Waals surface area (Å²) in [5.74, 6) is 0. The first-order valence-electron chi connectivity index (χ1n) is 3.69. The van der Waals surface area contributed by atoms with E-state index in [2.05, 4.69) is 0 Å². The zero-order valence-corrected chi connectivity index (χ0v) is 6.67. The number of benzene rings is 1. The molecule has 0 amide bonds. The van der Waals surface area contributed by atoms with Crippen LogP contribution < -0.4 is 5.73 Å². The number of aliphatic hydroxyl groups is 1. The maximum atomic E-state index is 8.66. The fourth-order valence-corrected chi connectivity index (χ4v) is 1.17. The van der Waals surface area contributed by atoms with Crippen LogP contribution in [0.15, 0.2) is 18.2 Å². The molecule has 0 spiro atoms. The van der Waals surface area contributed by atoms with Gasteiger partial charge in [0.1, 0.15) is 0 Å². The van der Waals surface area contributed by atoms with Crippen LogP contribution >= 0.6 is 0 Å². The van der Waals surface area contributed by atoms with Crippen LogP contribution in [-0.2, 0) is 6.42 Å². The van der Waals surface area contributed by atoms with Crippen LogP contribution in [0.25, 0.3) is 0 Å². The summed E-state index contributed by atoms with van der Waals surface area (Å²) in [6.07, 6.45) is 0.686. The minimum atomic E-state index is 0.183. The minimum absolute atomic E-state index is 0.183. The molecule has 0 saturated carbocycles. The van der Waals surface area contributed by atoms with Crippen LogP contribution in [0.3, 0.4) is 0 Å². The number of hydrogen-bond acceptors (Lipinski definition) is 2. The molecule has 60 valence electrons. The lowest BCUT2D eigenvalue weighted by Gasteiger charge is -2.01. The molecule has 3 N–H and O–H groups in total. The molecule has 0 bridgehead atoms. The maximum absolute atomic E-state index is 8.66. The monoisotopic (exact) mass is 151 g/mol. The molecule has 0 radical (unpaired) electrons. The Hall–Kier alpha value is -1.02. The number of rotatable bonds is 2. The first kappa shape index (κ1) is 8.08. The molecule has 0 heterocycles. The third-order valence-electron chi connectivity index (χ3n) is 1.56. The van der Waals surface area contributed by atoms with E-state index in [4.69, 9.17) is 10.8 Å². The smallest absolute Gasteiger partial charge is 0.0471 e. The van der Waals surface area contributed by atoms with Gasteiger partial charge in [0.05, 0.1) is 0 Å². The van der Waals surface area contributed by atoms with E-state index < -0.39 is 0 Å². The predicted molar refractivity (Wildman–Crippen MR) is 46.4 cm³/mol. The molecule has 2 nitrogen and oxygen atoms in total. The number of aryl methyl sites for hydroxylation is 1. The molecule has 0 aromatic heterocycles. The number of hydrogen-bond donors (Lipinski definition) is 2. The SMILES string of the molecule is Cc1cc(N)cc(CCO)c1. The standard InChI is InChI=1S/C9H13NO/c1-7-4-8(2-3-11)6-9(10)5-7/h4-6,11H,2-3,10H2,1H3. The summed E-state index contributed by atoms with van der Waals surface area (Å²) >= 11 is 0. The lowest BCUT2D eigenvalue weighted by atomic mass is 10.1. The van der Waals surface area contributed by atoms with Gasteiger partial charge in [0, 0.05) is 12.3 Å². The zero-order chi connectivity index (χ0) is 8.27. The summed E-state index contributed by atoms with van der Waals surface area (Å²) < 4.78 is 0. The molecule has 1 aromatic rings. The summed E-state index contributed by atoms with van der Waals surface area (Å²) in [5, 5.41) is 8.66. The van der Waals surface area contributed by atoms with Crippen molar-refractivity contribution in [3.8, 4) is 0 Å². The van der Waals surface area contributed by atoms with Crippen molar-refractivity contribution in [2.24, 2.45) is 0 Å². The van der Waals surface area contributed by atoms with Crippen LogP contribution in [-0.4, -0.2) is 11.7 Å². The van der Waals surface area contributed by atoms with Gasteiger partial charge in [0.15, 0.2) is 0 Å². The third kappa shape index (κ3) is 2.24. The van der Waals surface area contributed by atoms with Crippen molar-refractivity contribution in [2.75, 3.05) is 12.3 Å². The number of aliphatic hydroxyl groups excluding tert-OH is 1. The van der Waals surface area contributed by atoms with Gasteiger partial charge in [0.25, 0.3) is 0 Å². The van der Waals surface area contributed by atoms with Gasteiger partial charge in [-0.15, -0.1) is 0 Å². The van der Waals surface area contributed by atoms with Crippen LogP contribution in [0.5, 0.6) is 0 Å². The quantitative estimate of drug-likeness (QED) is 0.622. The number of nitrogens with two attached hydrogens (primary N) is 1. The summed E-state index contributed by atoms with van der Waals surface area (Å²) in [5.41, 5.74) is 8.63. The van der Waals surface area contributed by atoms with Gasteiger partial charge < -0.3 is 10.8 Å². The average molecular weight is 151 g/mol. The van der Waals surface area contributed by atoms with Crippen molar-refractivity contribution >= 4 is 5.69 Å². The highest BCUT2D eigenvalue weighted by Gasteiger charge is 1.94. The van der Waals surface area contributed by atoms with Crippen molar-refractivity contribution in [3.63, 3.8) is 0 Å². The summed E-state index contributed by atoms with van der Waals surface area (Å²) in [6.45, 7) is 2.18. The topological polar surface area (TPSA) is 46.2 Å². The molecule has 11 heavy (non-hydrogen) atoms. The molecule has 0 fully saturated rings. The first-order valence-corrected chi connectivity index (χ1v) is 3.69. The van der Waals surface area contributed by atoms with Gasteiger partial charge in [0.2, 0.25) is 0 Å². The van der Waals surface area contributed by atoms with E-state index in [0.29, 0.717) is 6.42 Å². The molecule has 1 aromatic carbocycles. The Morgan fingerprint density at radius 1 is 1.36 bits per heavy atom. The normalized spacial score (nSPS) is 10.0. The summed E-state index contributed by atoms with van der Waals surface area (Å²) in [6, 6.07) is 5.84. The van der Waals surface area contributed by atoms with Crippen molar-refractivity contribution in [1.82, 2.24) is 0 Å². The van der Waals surface area contributed by atoms with Gasteiger partial charge in [-0.05, 0) is 36.6 Å². The van der Waals surface area contributed by atoms with Gasteiger partial charge in [-0.1, -0.05) is 6.07 Å². The predicted octanol–water partition coefficient (Wildman–Crippen LogP) is 1.11. The Bertz CT molecular complexity index is 225. The van der Waals surface area contributed by atoms with E-state index >= 15 is 0 Å². The van der Waals surface area contributed by atoms with E-state index in [1.165, 1.54) is 0 Å². The third-order valence-corrected chi connectivity index (χ3v) is 1.56. The van der Waals surface area contributed by atoms with E-state index in [-0.39, 0.29) is 6.61 Å². The van der Waals surface area contributed by atoms with Gasteiger partial charge in [-0.25, -0.2) is 0 Å². The van der Waals surface area contributed by atoms with E-state index in [0.717, 1.165) is 16.8 Å². The molecule has 1 rings (SSSR count). The Morgan fingerprint density at radius 3 is 2.64 bits per heavy atom. The van der Waals surface area contributed by atoms with Crippen molar-refractivity contribution < 1.29 is 5.11 Å². The second-order valence-corrected chi connectivity index (χ2v) is 2.73. The molecule has 0 aliphatic rings. The fraction of sp³-hybridized carbons (Fsp3) is 0.333. The van der Waals surface area contributed by atoms with E-state index in [9.17, 15) is 0 Å². The Morgan fingerprint density at radius 2 is 2.09 bits per heavy atom. The lowest BCUT2D eigenvalue weighted by Crippen LogP contribution is -1.94. The first-order chi connectivity index (χ1) is 5.22. The van der Waals surface area contributed by atoms with Crippen molar-refractivity contribution in [2.45, 2.75) is 13.3 Å². The van der Waals surface area contributed by atoms with E-state index in [1.807, 2.05) is 25.1 Å². The highest BCUT2D eigenvalue weighted by molar-refractivity contribution is 5.44. The summed E-state index contributed by atoms with van der Waals surface area (Å²) in [7, 11) is 0. The lowest BCUT2D eigenvalue weighted by molar-refractivity contribution is 0.299. The zero-order valence-electron chi connectivity index (χ0n) is 6.67. The minimum Gasteiger partial charge on any atom is -0.399 e. The largest absolute Gasteiger partial charge is 0.399 e. The average Bonchev–Trinajstić information content (AvgIpc) is 1.85. The number of nitrogen functional groups attached to an aromatic ring is 1. The van der Waals surface area contributed by atoms with Crippen molar-refractivity contribution in [1.29, 1.82) is 0 Å². The molecule has 0 aliphatic carbocycles. The van der Waals surface area contributed by atoms with Crippen molar-refractivity contribution in [3.05, 3.63) is 29.3 Å². The Kier molecular flexibility index (Phi) is 2.49. The Balaban J connectivity index is 2.89.